The lowest BCUT2D eigenvalue weighted by Gasteiger charge is -2.08. The Morgan fingerprint density at radius 1 is 0.963 bits per heavy atom. The number of carbonyl (C=O) groups excluding carboxylic acids is 1. The molecule has 3 aromatic rings. The summed E-state index contributed by atoms with van der Waals surface area (Å²) in [5.41, 5.74) is 0.815. The first-order chi connectivity index (χ1) is 13.0. The van der Waals surface area contributed by atoms with Crippen LogP contribution in [-0.2, 0) is 6.42 Å². The van der Waals surface area contributed by atoms with Gasteiger partial charge >= 0.3 is 0 Å². The minimum absolute atomic E-state index is 0.102. The van der Waals surface area contributed by atoms with E-state index in [9.17, 15) is 13.6 Å². The van der Waals surface area contributed by atoms with Crippen LogP contribution in [0.5, 0.6) is 0 Å². The lowest BCUT2D eigenvalue weighted by atomic mass is 10.1. The molecule has 0 unspecified atom stereocenters. The third-order valence-electron chi connectivity index (χ3n) is 3.73. The van der Waals surface area contributed by atoms with Crippen LogP contribution in [-0.4, -0.2) is 22.6 Å². The average molecular weight is 389 g/mol. The Morgan fingerprint density at radius 2 is 1.67 bits per heavy atom. The average Bonchev–Trinajstić information content (AvgIpc) is 2.67. The molecule has 2 N–H and O–H groups in total. The Kier molecular flexibility index (Phi) is 5.93. The van der Waals surface area contributed by atoms with Crippen molar-refractivity contribution in [3.63, 3.8) is 0 Å². The second kappa shape index (κ2) is 8.55. The van der Waals surface area contributed by atoms with Crippen LogP contribution in [0.2, 0.25) is 5.02 Å². The highest BCUT2D eigenvalue weighted by Crippen LogP contribution is 2.21. The molecule has 0 spiro atoms. The van der Waals surface area contributed by atoms with Crippen LogP contribution in [0, 0.1) is 11.6 Å². The first-order valence-corrected chi connectivity index (χ1v) is 8.48. The Labute approximate surface area is 159 Å². The zero-order valence-corrected chi connectivity index (χ0v) is 14.8. The molecule has 1 amide bonds. The number of halogens is 3. The summed E-state index contributed by atoms with van der Waals surface area (Å²) in [7, 11) is 0. The van der Waals surface area contributed by atoms with Crippen LogP contribution in [0.3, 0.4) is 0 Å². The summed E-state index contributed by atoms with van der Waals surface area (Å²) in [4.78, 5) is 12.1. The maximum absolute atomic E-state index is 13.6. The predicted molar refractivity (Wildman–Crippen MR) is 99.2 cm³/mol. The molecular formula is C19H15ClF2N4O. The highest BCUT2D eigenvalue weighted by atomic mass is 35.5. The van der Waals surface area contributed by atoms with E-state index < -0.39 is 11.6 Å². The SMILES string of the molecule is O=C(NCCc1ccc(Cl)cc1)c1ccc(Nc2c(F)cccc2F)nn1. The number of anilines is 2. The van der Waals surface area contributed by atoms with Gasteiger partial charge in [-0.15, -0.1) is 10.2 Å². The van der Waals surface area contributed by atoms with E-state index in [-0.39, 0.29) is 23.1 Å². The van der Waals surface area contributed by atoms with Gasteiger partial charge in [-0.05, 0) is 48.4 Å². The molecule has 0 atom stereocenters. The van der Waals surface area contributed by atoms with E-state index in [0.717, 1.165) is 17.7 Å². The normalized spacial score (nSPS) is 10.5. The van der Waals surface area contributed by atoms with Crippen molar-refractivity contribution in [3.8, 4) is 0 Å². The summed E-state index contributed by atoms with van der Waals surface area (Å²) in [6.45, 7) is 0.419. The molecule has 0 radical (unpaired) electrons. The number of nitrogens with zero attached hydrogens (tertiary/aromatic N) is 2. The van der Waals surface area contributed by atoms with Crippen LogP contribution >= 0.6 is 11.6 Å². The summed E-state index contributed by atoms with van der Waals surface area (Å²) >= 11 is 5.83. The van der Waals surface area contributed by atoms with Gasteiger partial charge in [0, 0.05) is 11.6 Å². The van der Waals surface area contributed by atoms with Gasteiger partial charge in [-0.1, -0.05) is 29.8 Å². The van der Waals surface area contributed by atoms with Gasteiger partial charge in [-0.2, -0.15) is 0 Å². The zero-order valence-electron chi connectivity index (χ0n) is 14.0. The monoisotopic (exact) mass is 388 g/mol. The molecule has 0 aliphatic carbocycles. The standard InChI is InChI=1S/C19H15ClF2N4O/c20-13-6-4-12(5-7-13)10-11-23-19(27)16-8-9-17(26-25-16)24-18-14(21)2-1-3-15(18)22/h1-9H,10-11H2,(H,23,27)(H,24,26). The van der Waals surface area contributed by atoms with Gasteiger partial charge in [0.1, 0.15) is 17.3 Å². The van der Waals surface area contributed by atoms with Crippen LogP contribution < -0.4 is 10.6 Å². The van der Waals surface area contributed by atoms with Crippen molar-refractivity contribution in [3.05, 3.63) is 82.5 Å². The largest absolute Gasteiger partial charge is 0.350 e. The van der Waals surface area contributed by atoms with Crippen LogP contribution in [0.25, 0.3) is 0 Å². The third kappa shape index (κ3) is 4.98. The van der Waals surface area contributed by atoms with Gasteiger partial charge < -0.3 is 10.6 Å². The Morgan fingerprint density at radius 3 is 2.30 bits per heavy atom. The number of hydrogen-bond acceptors (Lipinski definition) is 4. The fraction of sp³-hybridized carbons (Fsp3) is 0.105. The molecule has 1 aromatic heterocycles. The second-order valence-corrected chi connectivity index (χ2v) is 6.09. The summed E-state index contributed by atoms with van der Waals surface area (Å²) in [6, 6.07) is 13.7. The number of rotatable bonds is 6. The molecule has 2 aromatic carbocycles. The Hall–Kier alpha value is -3.06. The Balaban J connectivity index is 1.56. The van der Waals surface area contributed by atoms with Crippen molar-refractivity contribution in [1.29, 1.82) is 0 Å². The summed E-state index contributed by atoms with van der Waals surface area (Å²) in [5.74, 6) is -1.77. The predicted octanol–water partition coefficient (Wildman–Crippen LogP) is 4.12. The molecule has 138 valence electrons. The lowest BCUT2D eigenvalue weighted by molar-refractivity contribution is 0.0948. The number of benzene rings is 2. The molecule has 27 heavy (non-hydrogen) atoms. The van der Waals surface area contributed by atoms with Gasteiger partial charge in [-0.3, -0.25) is 4.79 Å². The summed E-state index contributed by atoms with van der Waals surface area (Å²) in [6.07, 6.45) is 0.641. The van der Waals surface area contributed by atoms with Crippen LogP contribution in [0.15, 0.2) is 54.6 Å². The minimum Gasteiger partial charge on any atom is -0.350 e. The van der Waals surface area contributed by atoms with Crippen molar-refractivity contribution in [2.45, 2.75) is 6.42 Å². The molecular weight excluding hydrogens is 374 g/mol. The molecule has 0 fully saturated rings. The van der Waals surface area contributed by atoms with Gasteiger partial charge in [0.25, 0.3) is 5.91 Å². The lowest BCUT2D eigenvalue weighted by Crippen LogP contribution is -2.26. The maximum atomic E-state index is 13.6. The van der Waals surface area contributed by atoms with E-state index in [1.54, 1.807) is 12.1 Å². The van der Waals surface area contributed by atoms with E-state index in [1.807, 2.05) is 12.1 Å². The number of amides is 1. The summed E-state index contributed by atoms with van der Waals surface area (Å²) < 4.78 is 27.2. The number of nitrogens with one attached hydrogen (secondary N) is 2. The first kappa shape index (κ1) is 18.7. The highest BCUT2D eigenvalue weighted by Gasteiger charge is 2.11. The minimum atomic E-state index is -0.749. The smallest absolute Gasteiger partial charge is 0.271 e. The van der Waals surface area contributed by atoms with Gasteiger partial charge in [0.05, 0.1) is 0 Å². The van der Waals surface area contributed by atoms with E-state index in [2.05, 4.69) is 20.8 Å². The van der Waals surface area contributed by atoms with Crippen molar-refractivity contribution >= 4 is 29.0 Å². The van der Waals surface area contributed by atoms with Crippen LogP contribution in [0.4, 0.5) is 20.3 Å². The van der Waals surface area contributed by atoms with Crippen LogP contribution in [0.1, 0.15) is 16.1 Å². The van der Waals surface area contributed by atoms with E-state index >= 15 is 0 Å². The second-order valence-electron chi connectivity index (χ2n) is 5.66. The first-order valence-electron chi connectivity index (χ1n) is 8.10. The molecule has 0 aliphatic rings. The summed E-state index contributed by atoms with van der Waals surface area (Å²) in [5, 5.41) is 13.5. The van der Waals surface area contributed by atoms with Gasteiger partial charge in [0.2, 0.25) is 0 Å². The third-order valence-corrected chi connectivity index (χ3v) is 3.98. The maximum Gasteiger partial charge on any atom is 0.271 e. The molecule has 0 bridgehead atoms. The van der Waals surface area contributed by atoms with Crippen molar-refractivity contribution in [2.24, 2.45) is 0 Å². The number of aromatic nitrogens is 2. The topological polar surface area (TPSA) is 66.9 Å². The highest BCUT2D eigenvalue weighted by molar-refractivity contribution is 6.30. The Bertz CT molecular complexity index is 913. The zero-order chi connectivity index (χ0) is 19.2. The molecule has 0 saturated heterocycles. The number of hydrogen-bond donors (Lipinski definition) is 2. The molecule has 1 heterocycles. The van der Waals surface area contributed by atoms with E-state index in [1.165, 1.54) is 18.2 Å². The fourth-order valence-corrected chi connectivity index (χ4v) is 2.45. The molecule has 0 saturated carbocycles. The van der Waals surface area contributed by atoms with Gasteiger partial charge in [-0.25, -0.2) is 8.78 Å². The quantitative estimate of drug-likeness (QED) is 0.666. The van der Waals surface area contributed by atoms with Crippen molar-refractivity contribution < 1.29 is 13.6 Å². The fourth-order valence-electron chi connectivity index (χ4n) is 2.33. The van der Waals surface area contributed by atoms with E-state index in [0.29, 0.717) is 18.0 Å². The van der Waals surface area contributed by atoms with Crippen molar-refractivity contribution in [1.82, 2.24) is 15.5 Å². The molecule has 5 nitrogen and oxygen atoms in total. The van der Waals surface area contributed by atoms with Crippen molar-refractivity contribution in [2.75, 3.05) is 11.9 Å². The molecule has 8 heteroatoms. The molecule has 3 rings (SSSR count). The number of carbonyl (C=O) groups is 1. The number of para-hydroxylation sites is 1. The molecule has 0 aliphatic heterocycles. The van der Waals surface area contributed by atoms with E-state index in [4.69, 9.17) is 11.6 Å². The van der Waals surface area contributed by atoms with Gasteiger partial charge in [0.15, 0.2) is 11.5 Å².